The Hall–Kier alpha value is -3.45. The molecule has 180 valence electrons. The Morgan fingerprint density at radius 2 is 2.03 bits per heavy atom. The Labute approximate surface area is 207 Å². The zero-order valence-electron chi connectivity index (χ0n) is 20.0. The second-order valence-electron chi connectivity index (χ2n) is 9.19. The van der Waals surface area contributed by atoms with E-state index in [9.17, 15) is 14.4 Å². The van der Waals surface area contributed by atoms with Gasteiger partial charge in [-0.3, -0.25) is 9.59 Å². The standard InChI is InChI=1S/C28H27NO5S/c1-4-9-33-28(32)24-16(3)29-20-12-17(23-6-5-10-35-23)13-21(30)26(20)25(24)19-14-34-22-8-7-15(2)11-18(22)27(19)31/h5-8,10-11,14,17,25,29H,4,9,12-13H2,1-3H3/t17-,25-/m1/s1. The van der Waals surface area contributed by atoms with Gasteiger partial charge in [0, 0.05) is 39.7 Å². The quantitative estimate of drug-likeness (QED) is 0.478. The number of ether oxygens (including phenoxy) is 1. The molecule has 0 bridgehead atoms. The molecule has 1 N–H and O–H groups in total. The Bertz CT molecular complexity index is 1440. The maximum Gasteiger partial charge on any atom is 0.336 e. The predicted octanol–water partition coefficient (Wildman–Crippen LogP) is 5.48. The van der Waals surface area contributed by atoms with Gasteiger partial charge in [0.2, 0.25) is 0 Å². The van der Waals surface area contributed by atoms with Crippen molar-refractivity contribution in [1.29, 1.82) is 0 Å². The average Bonchev–Trinajstić information content (AvgIpc) is 3.37. The normalized spacial score (nSPS) is 20.1. The van der Waals surface area contributed by atoms with Gasteiger partial charge in [-0.1, -0.05) is 24.6 Å². The molecule has 5 rings (SSSR count). The van der Waals surface area contributed by atoms with E-state index in [1.165, 1.54) is 6.26 Å². The second-order valence-corrected chi connectivity index (χ2v) is 10.2. The summed E-state index contributed by atoms with van der Waals surface area (Å²) in [5, 5.41) is 5.77. The third-order valence-corrected chi connectivity index (χ3v) is 7.73. The van der Waals surface area contributed by atoms with Crippen LogP contribution in [0.5, 0.6) is 0 Å². The largest absolute Gasteiger partial charge is 0.464 e. The summed E-state index contributed by atoms with van der Waals surface area (Å²) in [7, 11) is 0. The molecule has 1 aliphatic carbocycles. The van der Waals surface area contributed by atoms with Gasteiger partial charge in [-0.2, -0.15) is 0 Å². The van der Waals surface area contributed by atoms with Crippen LogP contribution in [-0.2, 0) is 14.3 Å². The molecule has 2 aromatic heterocycles. The van der Waals surface area contributed by atoms with Crippen LogP contribution in [0.3, 0.4) is 0 Å². The highest BCUT2D eigenvalue weighted by Crippen LogP contribution is 2.45. The van der Waals surface area contributed by atoms with E-state index in [4.69, 9.17) is 9.15 Å². The van der Waals surface area contributed by atoms with Crippen LogP contribution in [0.25, 0.3) is 11.0 Å². The SMILES string of the molecule is CCCOC(=O)C1=C(C)NC2=C(C(=O)C[C@H](c3cccs3)C2)[C@@H]1c1coc2ccc(C)cc2c1=O. The fourth-order valence-electron chi connectivity index (χ4n) is 5.08. The molecule has 0 spiro atoms. The first-order valence-corrected chi connectivity index (χ1v) is 12.7. The second kappa shape index (κ2) is 9.30. The van der Waals surface area contributed by atoms with Gasteiger partial charge in [-0.25, -0.2) is 4.79 Å². The summed E-state index contributed by atoms with van der Waals surface area (Å²) < 4.78 is 11.3. The molecule has 35 heavy (non-hydrogen) atoms. The molecule has 2 atom stereocenters. The van der Waals surface area contributed by atoms with Crippen LogP contribution >= 0.6 is 11.3 Å². The number of carbonyl (C=O) groups is 2. The van der Waals surface area contributed by atoms with E-state index in [0.29, 0.717) is 47.1 Å². The number of hydrogen-bond acceptors (Lipinski definition) is 7. The van der Waals surface area contributed by atoms with Crippen LogP contribution in [0.1, 0.15) is 60.9 Å². The van der Waals surface area contributed by atoms with Gasteiger partial charge in [0.1, 0.15) is 5.58 Å². The van der Waals surface area contributed by atoms with Crippen molar-refractivity contribution in [3.63, 3.8) is 0 Å². The summed E-state index contributed by atoms with van der Waals surface area (Å²) in [5.74, 6) is -1.37. The summed E-state index contributed by atoms with van der Waals surface area (Å²) in [4.78, 5) is 41.7. The smallest absolute Gasteiger partial charge is 0.336 e. The highest BCUT2D eigenvalue weighted by atomic mass is 32.1. The molecule has 3 heterocycles. The fraction of sp³-hybridized carbons (Fsp3) is 0.321. The molecule has 0 amide bonds. The van der Waals surface area contributed by atoms with E-state index in [1.54, 1.807) is 30.4 Å². The monoisotopic (exact) mass is 489 g/mol. The van der Waals surface area contributed by atoms with Crippen molar-refractivity contribution in [3.8, 4) is 0 Å². The summed E-state index contributed by atoms with van der Waals surface area (Å²) in [6.07, 6.45) is 3.03. The molecule has 0 fully saturated rings. The number of Topliss-reactive ketones (excluding diaryl/α,β-unsaturated/α-hetero) is 1. The maximum atomic E-state index is 13.7. The number of esters is 1. The van der Waals surface area contributed by atoms with Gasteiger partial charge < -0.3 is 14.5 Å². The maximum absolute atomic E-state index is 13.7. The lowest BCUT2D eigenvalue weighted by Crippen LogP contribution is -2.37. The minimum atomic E-state index is -0.839. The van der Waals surface area contributed by atoms with E-state index in [0.717, 1.165) is 16.1 Å². The summed E-state index contributed by atoms with van der Waals surface area (Å²) >= 11 is 1.63. The number of allylic oxidation sites excluding steroid dienone is 3. The van der Waals surface area contributed by atoms with Crippen molar-refractivity contribution >= 4 is 34.1 Å². The van der Waals surface area contributed by atoms with Gasteiger partial charge >= 0.3 is 5.97 Å². The molecule has 0 radical (unpaired) electrons. The van der Waals surface area contributed by atoms with Gasteiger partial charge in [0.25, 0.3) is 0 Å². The van der Waals surface area contributed by atoms with E-state index in [1.807, 2.05) is 37.4 Å². The van der Waals surface area contributed by atoms with Gasteiger partial charge in [0.15, 0.2) is 11.2 Å². The number of nitrogens with one attached hydrogen (secondary N) is 1. The zero-order chi connectivity index (χ0) is 24.7. The Morgan fingerprint density at radius 1 is 1.20 bits per heavy atom. The number of aryl methyl sites for hydroxylation is 1. The summed E-state index contributed by atoms with van der Waals surface area (Å²) in [6, 6.07) is 9.45. The Kier molecular flexibility index (Phi) is 6.19. The number of fused-ring (bicyclic) bond motifs is 1. The molecule has 1 aromatic carbocycles. The molecule has 0 unspecified atom stereocenters. The molecule has 3 aromatic rings. The van der Waals surface area contributed by atoms with Gasteiger partial charge in [-0.05, 0) is 50.3 Å². The zero-order valence-corrected chi connectivity index (χ0v) is 20.8. The number of benzene rings is 1. The van der Waals surface area contributed by atoms with Gasteiger partial charge in [-0.15, -0.1) is 11.3 Å². The van der Waals surface area contributed by atoms with E-state index < -0.39 is 11.9 Å². The van der Waals surface area contributed by atoms with Crippen LogP contribution in [0, 0.1) is 6.92 Å². The summed E-state index contributed by atoms with van der Waals surface area (Å²) in [6.45, 7) is 5.88. The molecule has 6 nitrogen and oxygen atoms in total. The number of hydrogen-bond donors (Lipinski definition) is 1. The molecular formula is C28H27NO5S. The number of rotatable bonds is 5. The van der Waals surface area contributed by atoms with Crippen LogP contribution in [0.15, 0.2) is 73.7 Å². The topological polar surface area (TPSA) is 85.6 Å². The van der Waals surface area contributed by atoms with Crippen molar-refractivity contribution in [3.05, 3.63) is 90.7 Å². The first-order valence-electron chi connectivity index (χ1n) is 11.9. The predicted molar refractivity (Wildman–Crippen MR) is 135 cm³/mol. The van der Waals surface area contributed by atoms with Crippen molar-refractivity contribution in [1.82, 2.24) is 5.32 Å². The molecule has 1 aliphatic heterocycles. The molecular weight excluding hydrogens is 462 g/mol. The minimum Gasteiger partial charge on any atom is -0.464 e. The lowest BCUT2D eigenvalue weighted by molar-refractivity contribution is -0.139. The highest BCUT2D eigenvalue weighted by molar-refractivity contribution is 7.10. The third kappa shape index (κ3) is 4.14. The van der Waals surface area contributed by atoms with Crippen LogP contribution in [0.2, 0.25) is 0 Å². The van der Waals surface area contributed by atoms with Crippen LogP contribution in [-0.4, -0.2) is 18.4 Å². The molecule has 0 saturated heterocycles. The highest BCUT2D eigenvalue weighted by Gasteiger charge is 2.43. The van der Waals surface area contributed by atoms with Crippen molar-refractivity contribution in [2.24, 2.45) is 0 Å². The average molecular weight is 490 g/mol. The molecule has 7 heteroatoms. The number of ketones is 1. The summed E-state index contributed by atoms with van der Waals surface area (Å²) in [5.41, 5.74) is 3.55. The fourth-order valence-corrected chi connectivity index (χ4v) is 5.91. The van der Waals surface area contributed by atoms with Crippen molar-refractivity contribution < 1.29 is 18.7 Å². The van der Waals surface area contributed by atoms with E-state index in [-0.39, 0.29) is 29.3 Å². The lowest BCUT2D eigenvalue weighted by atomic mass is 9.73. The number of carbonyl (C=O) groups excluding carboxylic acids is 2. The minimum absolute atomic E-state index is 0.0615. The number of dihydropyridines is 1. The lowest BCUT2D eigenvalue weighted by Gasteiger charge is -2.36. The van der Waals surface area contributed by atoms with Crippen molar-refractivity contribution in [2.45, 2.75) is 51.9 Å². The number of thiophene rings is 1. The Balaban J connectivity index is 1.68. The van der Waals surface area contributed by atoms with E-state index in [2.05, 4.69) is 5.32 Å². The molecule has 2 aliphatic rings. The Morgan fingerprint density at radius 3 is 2.77 bits per heavy atom. The molecule has 0 saturated carbocycles. The third-order valence-electron chi connectivity index (χ3n) is 6.70. The van der Waals surface area contributed by atoms with Gasteiger partial charge in [0.05, 0.1) is 29.7 Å². The van der Waals surface area contributed by atoms with Crippen LogP contribution in [0.4, 0.5) is 0 Å². The van der Waals surface area contributed by atoms with Crippen molar-refractivity contribution in [2.75, 3.05) is 6.61 Å². The van der Waals surface area contributed by atoms with Crippen LogP contribution < -0.4 is 10.7 Å². The van der Waals surface area contributed by atoms with E-state index >= 15 is 0 Å². The first-order chi connectivity index (χ1) is 16.9. The first kappa shape index (κ1) is 23.3.